The maximum Gasteiger partial charge on any atom is 0.223 e. The van der Waals surface area contributed by atoms with Crippen LogP contribution in [0.15, 0.2) is 18.2 Å². The highest BCUT2D eigenvalue weighted by molar-refractivity contribution is 5.76. The van der Waals surface area contributed by atoms with Crippen LogP contribution >= 0.6 is 0 Å². The van der Waals surface area contributed by atoms with Crippen LogP contribution in [-0.4, -0.2) is 30.8 Å². The number of amides is 1. The summed E-state index contributed by atoms with van der Waals surface area (Å²) in [6.07, 6.45) is 2.51. The van der Waals surface area contributed by atoms with Crippen LogP contribution in [0.1, 0.15) is 24.8 Å². The van der Waals surface area contributed by atoms with Gasteiger partial charge in [0.25, 0.3) is 0 Å². The molecule has 104 valence electrons. The molecule has 1 aromatic rings. The van der Waals surface area contributed by atoms with Crippen LogP contribution in [0.5, 0.6) is 11.5 Å². The molecule has 0 saturated heterocycles. The predicted octanol–water partition coefficient (Wildman–Crippen LogP) is 1.23. The van der Waals surface area contributed by atoms with Gasteiger partial charge in [-0.1, -0.05) is 6.07 Å². The fraction of sp³-hybridized carbons (Fsp3) is 0.500. The molecule has 2 rings (SSSR count). The molecule has 0 bridgehead atoms. The molecule has 5 nitrogen and oxygen atoms in total. The summed E-state index contributed by atoms with van der Waals surface area (Å²) in [4.78, 5) is 11.5. The zero-order valence-electron chi connectivity index (χ0n) is 11.0. The lowest BCUT2D eigenvalue weighted by atomic mass is 10.2. The van der Waals surface area contributed by atoms with Gasteiger partial charge in [0.1, 0.15) is 0 Å². The van der Waals surface area contributed by atoms with Gasteiger partial charge < -0.3 is 19.9 Å². The number of methoxy groups -OCH3 is 1. The number of benzene rings is 1. The van der Waals surface area contributed by atoms with Crippen molar-refractivity contribution in [3.8, 4) is 11.5 Å². The molecule has 1 fully saturated rings. The highest BCUT2D eigenvalue weighted by Crippen LogP contribution is 2.28. The minimum Gasteiger partial charge on any atom is -0.493 e. The first-order valence-electron chi connectivity index (χ1n) is 6.43. The van der Waals surface area contributed by atoms with Crippen molar-refractivity contribution in [3.63, 3.8) is 0 Å². The van der Waals surface area contributed by atoms with E-state index in [-0.39, 0.29) is 12.5 Å². The highest BCUT2D eigenvalue weighted by Gasteiger charge is 2.22. The lowest BCUT2D eigenvalue weighted by Gasteiger charge is -2.11. The molecule has 1 aliphatic carbocycles. The number of ether oxygens (including phenoxy) is 2. The Morgan fingerprint density at radius 1 is 1.42 bits per heavy atom. The number of carbonyl (C=O) groups is 1. The molecule has 5 heteroatoms. The number of aliphatic hydroxyl groups excluding tert-OH is 1. The number of nitrogens with one attached hydrogen (secondary N) is 1. The molecular weight excluding hydrogens is 246 g/mol. The molecule has 0 aromatic heterocycles. The van der Waals surface area contributed by atoms with E-state index < -0.39 is 0 Å². The summed E-state index contributed by atoms with van der Waals surface area (Å²) in [5.41, 5.74) is 0.760. The van der Waals surface area contributed by atoms with Crippen molar-refractivity contribution in [2.45, 2.75) is 31.9 Å². The molecule has 1 aromatic carbocycles. The summed E-state index contributed by atoms with van der Waals surface area (Å²) in [5.74, 6) is 1.17. The number of carbonyl (C=O) groups excluding carboxylic acids is 1. The van der Waals surface area contributed by atoms with Crippen molar-refractivity contribution in [1.82, 2.24) is 5.32 Å². The van der Waals surface area contributed by atoms with Gasteiger partial charge in [0.15, 0.2) is 11.5 Å². The van der Waals surface area contributed by atoms with Crippen LogP contribution in [0.25, 0.3) is 0 Å². The third kappa shape index (κ3) is 4.13. The topological polar surface area (TPSA) is 67.8 Å². The van der Waals surface area contributed by atoms with Crippen LogP contribution in [0.3, 0.4) is 0 Å². The summed E-state index contributed by atoms with van der Waals surface area (Å²) in [5, 5.41) is 11.9. The van der Waals surface area contributed by atoms with E-state index in [2.05, 4.69) is 5.32 Å². The van der Waals surface area contributed by atoms with E-state index in [0.29, 0.717) is 30.6 Å². The zero-order valence-corrected chi connectivity index (χ0v) is 11.0. The predicted molar refractivity (Wildman–Crippen MR) is 70.2 cm³/mol. The maximum atomic E-state index is 11.5. The minimum atomic E-state index is -0.0412. The lowest BCUT2D eigenvalue weighted by molar-refractivity contribution is -0.121. The second kappa shape index (κ2) is 6.43. The Balaban J connectivity index is 1.82. The van der Waals surface area contributed by atoms with E-state index in [4.69, 9.17) is 14.6 Å². The quantitative estimate of drug-likeness (QED) is 0.778. The van der Waals surface area contributed by atoms with Gasteiger partial charge >= 0.3 is 0 Å². The van der Waals surface area contributed by atoms with Crippen molar-refractivity contribution in [3.05, 3.63) is 23.8 Å². The van der Waals surface area contributed by atoms with Gasteiger partial charge in [-0.3, -0.25) is 4.79 Å². The fourth-order valence-corrected chi connectivity index (χ4v) is 1.71. The molecule has 0 unspecified atom stereocenters. The number of hydrogen-bond donors (Lipinski definition) is 2. The lowest BCUT2D eigenvalue weighted by Crippen LogP contribution is -2.26. The Labute approximate surface area is 112 Å². The summed E-state index contributed by atoms with van der Waals surface area (Å²) in [6, 6.07) is 5.61. The van der Waals surface area contributed by atoms with Gasteiger partial charge in [0.2, 0.25) is 5.91 Å². The molecule has 2 N–H and O–H groups in total. The second-order valence-electron chi connectivity index (χ2n) is 4.58. The molecular formula is C14H19NO4. The van der Waals surface area contributed by atoms with E-state index in [0.717, 1.165) is 18.4 Å². The van der Waals surface area contributed by atoms with Crippen molar-refractivity contribution < 1.29 is 19.4 Å². The molecule has 19 heavy (non-hydrogen) atoms. The summed E-state index contributed by atoms with van der Waals surface area (Å²) >= 11 is 0. The first-order chi connectivity index (χ1) is 9.22. The van der Waals surface area contributed by atoms with Crippen LogP contribution in [-0.2, 0) is 11.4 Å². The standard InChI is InChI=1S/C14H19NO4/c1-18-13-8-10(9-16)2-5-12(13)19-7-6-14(17)15-11-3-4-11/h2,5,8,11,16H,3-4,6-7,9H2,1H3,(H,15,17). The van der Waals surface area contributed by atoms with E-state index in [1.54, 1.807) is 25.3 Å². The molecule has 1 amide bonds. The van der Waals surface area contributed by atoms with Crippen molar-refractivity contribution in [1.29, 1.82) is 0 Å². The first-order valence-corrected chi connectivity index (χ1v) is 6.43. The molecule has 0 heterocycles. The Morgan fingerprint density at radius 3 is 2.84 bits per heavy atom. The smallest absolute Gasteiger partial charge is 0.223 e. The largest absolute Gasteiger partial charge is 0.493 e. The molecule has 1 aliphatic rings. The van der Waals surface area contributed by atoms with Crippen molar-refractivity contribution >= 4 is 5.91 Å². The van der Waals surface area contributed by atoms with E-state index in [1.165, 1.54) is 0 Å². The molecule has 0 spiro atoms. The van der Waals surface area contributed by atoms with Gasteiger partial charge in [-0.2, -0.15) is 0 Å². The molecule has 0 aliphatic heterocycles. The van der Waals surface area contributed by atoms with Crippen LogP contribution in [0.4, 0.5) is 0 Å². The third-order valence-electron chi connectivity index (χ3n) is 2.94. The van der Waals surface area contributed by atoms with Gasteiger partial charge in [-0.15, -0.1) is 0 Å². The average Bonchev–Trinajstić information content (AvgIpc) is 3.22. The Morgan fingerprint density at radius 2 is 2.21 bits per heavy atom. The first kappa shape index (κ1) is 13.7. The van der Waals surface area contributed by atoms with Crippen molar-refractivity contribution in [2.75, 3.05) is 13.7 Å². The Kier molecular flexibility index (Phi) is 4.63. The summed E-state index contributed by atoms with van der Waals surface area (Å²) in [6.45, 7) is 0.272. The molecule has 0 atom stereocenters. The van der Waals surface area contributed by atoms with Gasteiger partial charge in [0, 0.05) is 6.04 Å². The summed E-state index contributed by atoms with van der Waals surface area (Å²) in [7, 11) is 1.54. The van der Waals surface area contributed by atoms with E-state index in [1.807, 2.05) is 0 Å². The van der Waals surface area contributed by atoms with Gasteiger partial charge in [-0.05, 0) is 30.5 Å². The third-order valence-corrected chi connectivity index (χ3v) is 2.94. The zero-order chi connectivity index (χ0) is 13.7. The van der Waals surface area contributed by atoms with E-state index in [9.17, 15) is 4.79 Å². The SMILES string of the molecule is COc1cc(CO)ccc1OCCC(=O)NC1CC1. The summed E-state index contributed by atoms with van der Waals surface area (Å²) < 4.78 is 10.7. The van der Waals surface area contributed by atoms with Crippen LogP contribution in [0.2, 0.25) is 0 Å². The fourth-order valence-electron chi connectivity index (χ4n) is 1.71. The highest BCUT2D eigenvalue weighted by atomic mass is 16.5. The van der Waals surface area contributed by atoms with Crippen LogP contribution in [0, 0.1) is 0 Å². The molecule has 1 saturated carbocycles. The Hall–Kier alpha value is -1.75. The number of aliphatic hydroxyl groups is 1. The number of rotatable bonds is 7. The Bertz CT molecular complexity index is 443. The number of hydrogen-bond acceptors (Lipinski definition) is 4. The normalized spacial score (nSPS) is 14.0. The van der Waals surface area contributed by atoms with E-state index >= 15 is 0 Å². The van der Waals surface area contributed by atoms with Crippen molar-refractivity contribution in [2.24, 2.45) is 0 Å². The maximum absolute atomic E-state index is 11.5. The van der Waals surface area contributed by atoms with Gasteiger partial charge in [-0.25, -0.2) is 0 Å². The average molecular weight is 265 g/mol. The van der Waals surface area contributed by atoms with Gasteiger partial charge in [0.05, 0.1) is 26.7 Å². The minimum absolute atomic E-state index is 0.0217. The molecule has 0 radical (unpaired) electrons. The van der Waals surface area contributed by atoms with Crippen LogP contribution < -0.4 is 14.8 Å². The second-order valence-corrected chi connectivity index (χ2v) is 4.58. The monoisotopic (exact) mass is 265 g/mol.